The largest absolute Gasteiger partial charge is 0.519 e. The van der Waals surface area contributed by atoms with Gasteiger partial charge in [-0.2, -0.15) is 0 Å². The second-order valence-corrected chi connectivity index (χ2v) is 13.8. The van der Waals surface area contributed by atoms with Crippen molar-refractivity contribution in [3.05, 3.63) is 70.4 Å². The van der Waals surface area contributed by atoms with Crippen molar-refractivity contribution in [2.75, 3.05) is 62.4 Å². The average molecular weight is 709 g/mol. The molecule has 256 valence electrons. The zero-order chi connectivity index (χ0) is 34.0. The minimum atomic E-state index is -0.824. The van der Waals surface area contributed by atoms with Crippen molar-refractivity contribution < 1.29 is 23.7 Å². The second-order valence-electron chi connectivity index (χ2n) is 11.9. The van der Waals surface area contributed by atoms with Crippen LogP contribution in [0.2, 0.25) is 0 Å². The number of ether oxygens (including phenoxy) is 4. The highest BCUT2D eigenvalue weighted by atomic mass is 32.1. The maximum absolute atomic E-state index is 13.5. The maximum Gasteiger partial charge on any atom is 0.519 e. The number of carbonyl (C=O) groups excluding carboxylic acids is 1. The van der Waals surface area contributed by atoms with Gasteiger partial charge in [0.15, 0.2) is 23.3 Å². The maximum atomic E-state index is 13.5. The number of anilines is 2. The molecule has 0 unspecified atom stereocenters. The molecule has 50 heavy (non-hydrogen) atoms. The van der Waals surface area contributed by atoms with E-state index in [1.807, 2.05) is 61.0 Å². The van der Waals surface area contributed by atoms with Crippen LogP contribution in [0.15, 0.2) is 59.3 Å². The van der Waals surface area contributed by atoms with Crippen LogP contribution in [-0.4, -0.2) is 78.7 Å². The average Bonchev–Trinajstić information content (AvgIpc) is 3.85. The summed E-state index contributed by atoms with van der Waals surface area (Å²) in [6.07, 6.45) is 0.371. The Hall–Kier alpha value is -4.69. The Labute approximate surface area is 297 Å². The Morgan fingerprint density at radius 2 is 1.10 bits per heavy atom. The number of morpholine rings is 2. The fourth-order valence-corrected chi connectivity index (χ4v) is 8.28. The van der Waals surface area contributed by atoms with Crippen LogP contribution >= 0.6 is 22.7 Å². The first-order valence-electron chi connectivity index (χ1n) is 16.9. The van der Waals surface area contributed by atoms with E-state index in [0.717, 1.165) is 80.5 Å². The molecule has 0 aliphatic carbocycles. The molecular weight excluding hydrogens is 673 g/mol. The van der Waals surface area contributed by atoms with Gasteiger partial charge in [0.25, 0.3) is 0 Å². The van der Waals surface area contributed by atoms with Gasteiger partial charge in [0, 0.05) is 48.4 Å². The van der Waals surface area contributed by atoms with Crippen LogP contribution in [0.1, 0.15) is 25.0 Å². The highest BCUT2D eigenvalue weighted by Gasteiger charge is 2.24. The second kappa shape index (κ2) is 14.3. The highest BCUT2D eigenvalue weighted by Crippen LogP contribution is 2.37. The van der Waals surface area contributed by atoms with Crippen molar-refractivity contribution in [2.24, 2.45) is 0 Å². The number of benzene rings is 2. The fourth-order valence-electron chi connectivity index (χ4n) is 6.59. The molecule has 0 radical (unpaired) electrons. The lowest BCUT2D eigenvalue weighted by Gasteiger charge is -2.28. The molecule has 0 saturated carbocycles. The standard InChI is InChI=1S/C37H36N6O5S2/c1-3-23-25(33-38-27-11-21-49-31(27)35(40-33)42-13-17-45-18-14-42)7-5-9-29(23)47-37(44)48-30-10-6-8-26(24(30)4-2)34-39-28-12-22-50-32(28)36(41-34)43-15-19-46-20-16-43/h5-12,21-22H,3-4,13-20H2,1-2H3. The molecule has 2 saturated heterocycles. The monoisotopic (exact) mass is 708 g/mol. The molecule has 0 N–H and O–H groups in total. The van der Waals surface area contributed by atoms with Crippen molar-refractivity contribution >= 4 is 60.9 Å². The summed E-state index contributed by atoms with van der Waals surface area (Å²) in [4.78, 5) is 37.9. The highest BCUT2D eigenvalue weighted by molar-refractivity contribution is 7.18. The van der Waals surface area contributed by atoms with E-state index in [2.05, 4.69) is 9.80 Å². The third-order valence-electron chi connectivity index (χ3n) is 9.03. The molecule has 6 heterocycles. The lowest BCUT2D eigenvalue weighted by Crippen LogP contribution is -2.36. The SMILES string of the molecule is CCc1c(OC(=O)Oc2cccc(-c3nc(N4CCOCC4)c4sccc4n3)c2CC)cccc1-c1nc(N2CCOCC2)c2sccc2n1. The third-order valence-corrected chi connectivity index (χ3v) is 10.8. The zero-order valence-corrected chi connectivity index (χ0v) is 29.5. The first kappa shape index (κ1) is 32.5. The normalized spacial score (nSPS) is 15.2. The van der Waals surface area contributed by atoms with Crippen LogP contribution < -0.4 is 19.3 Å². The summed E-state index contributed by atoms with van der Waals surface area (Å²) in [6.45, 7) is 9.76. The molecule has 8 rings (SSSR count). The van der Waals surface area contributed by atoms with Gasteiger partial charge >= 0.3 is 6.16 Å². The lowest BCUT2D eigenvalue weighted by atomic mass is 10.0. The van der Waals surface area contributed by atoms with E-state index < -0.39 is 6.16 Å². The number of rotatable bonds is 8. The van der Waals surface area contributed by atoms with Gasteiger partial charge in [-0.15, -0.1) is 22.7 Å². The van der Waals surface area contributed by atoms with Gasteiger partial charge in [-0.25, -0.2) is 24.7 Å². The van der Waals surface area contributed by atoms with Crippen molar-refractivity contribution in [3.8, 4) is 34.3 Å². The molecule has 2 aromatic carbocycles. The summed E-state index contributed by atoms with van der Waals surface area (Å²) in [5.41, 5.74) is 5.05. The number of fused-ring (bicyclic) bond motifs is 2. The summed E-state index contributed by atoms with van der Waals surface area (Å²) < 4.78 is 25.1. The topological polar surface area (TPSA) is 112 Å². The molecule has 2 aliphatic heterocycles. The van der Waals surface area contributed by atoms with Crippen molar-refractivity contribution in [2.45, 2.75) is 26.7 Å². The number of nitrogens with zero attached hydrogens (tertiary/aromatic N) is 6. The molecular formula is C37H36N6O5S2. The summed E-state index contributed by atoms with van der Waals surface area (Å²) in [7, 11) is 0. The zero-order valence-electron chi connectivity index (χ0n) is 27.9. The Morgan fingerprint density at radius 1 is 0.660 bits per heavy atom. The van der Waals surface area contributed by atoms with Gasteiger partial charge in [-0.1, -0.05) is 38.1 Å². The van der Waals surface area contributed by atoms with Gasteiger partial charge in [0.2, 0.25) is 0 Å². The molecule has 0 bridgehead atoms. The molecule has 4 aromatic heterocycles. The van der Waals surface area contributed by atoms with Crippen LogP contribution in [0.3, 0.4) is 0 Å². The first-order chi connectivity index (χ1) is 24.6. The summed E-state index contributed by atoms with van der Waals surface area (Å²) in [5, 5.41) is 4.08. The molecule has 0 atom stereocenters. The number of hydrogen-bond donors (Lipinski definition) is 0. The van der Waals surface area contributed by atoms with E-state index in [1.54, 1.807) is 34.8 Å². The van der Waals surface area contributed by atoms with Gasteiger partial charge in [0.05, 0.1) is 46.9 Å². The van der Waals surface area contributed by atoms with E-state index in [0.29, 0.717) is 62.4 Å². The van der Waals surface area contributed by atoms with Crippen LogP contribution in [-0.2, 0) is 22.3 Å². The Balaban J connectivity index is 1.09. The molecule has 2 fully saturated rings. The first-order valence-corrected chi connectivity index (χ1v) is 18.7. The summed E-state index contributed by atoms with van der Waals surface area (Å²) in [6, 6.07) is 15.3. The molecule has 13 heteroatoms. The Morgan fingerprint density at radius 3 is 1.52 bits per heavy atom. The van der Waals surface area contributed by atoms with Gasteiger partial charge < -0.3 is 28.7 Å². The van der Waals surface area contributed by atoms with E-state index in [-0.39, 0.29) is 0 Å². The lowest BCUT2D eigenvalue weighted by molar-refractivity contribution is 0.122. The van der Waals surface area contributed by atoms with Crippen molar-refractivity contribution in [1.29, 1.82) is 0 Å². The predicted molar refractivity (Wildman–Crippen MR) is 197 cm³/mol. The number of hydrogen-bond acceptors (Lipinski definition) is 13. The van der Waals surface area contributed by atoms with Crippen molar-refractivity contribution in [3.63, 3.8) is 0 Å². The fraction of sp³-hybridized carbons (Fsp3) is 0.324. The predicted octanol–water partition coefficient (Wildman–Crippen LogP) is 7.41. The van der Waals surface area contributed by atoms with E-state index >= 15 is 0 Å². The van der Waals surface area contributed by atoms with E-state index in [4.69, 9.17) is 38.9 Å². The minimum absolute atomic E-state index is 0.410. The molecule has 6 aromatic rings. The summed E-state index contributed by atoms with van der Waals surface area (Å²) >= 11 is 3.27. The van der Waals surface area contributed by atoms with Gasteiger partial charge in [-0.3, -0.25) is 0 Å². The Bertz CT molecular complexity index is 2020. The van der Waals surface area contributed by atoms with Crippen LogP contribution in [0.25, 0.3) is 43.2 Å². The molecule has 0 amide bonds. The minimum Gasteiger partial charge on any atom is -0.394 e. The Kier molecular flexibility index (Phi) is 9.28. The van der Waals surface area contributed by atoms with E-state index in [1.165, 1.54) is 0 Å². The van der Waals surface area contributed by atoms with Crippen LogP contribution in [0.5, 0.6) is 11.5 Å². The van der Waals surface area contributed by atoms with E-state index in [9.17, 15) is 4.79 Å². The molecule has 0 spiro atoms. The molecule has 11 nitrogen and oxygen atoms in total. The van der Waals surface area contributed by atoms with Gasteiger partial charge in [0.1, 0.15) is 11.5 Å². The third kappa shape index (κ3) is 6.26. The number of aromatic nitrogens is 4. The summed E-state index contributed by atoms with van der Waals surface area (Å²) in [5.74, 6) is 3.81. The number of carbonyl (C=O) groups is 1. The van der Waals surface area contributed by atoms with Gasteiger partial charge in [-0.05, 0) is 47.9 Å². The molecule has 2 aliphatic rings. The van der Waals surface area contributed by atoms with Crippen LogP contribution in [0.4, 0.5) is 16.4 Å². The van der Waals surface area contributed by atoms with Crippen molar-refractivity contribution in [1.82, 2.24) is 19.9 Å². The quantitative estimate of drug-likeness (QED) is 0.116. The smallest absolute Gasteiger partial charge is 0.394 e. The number of thiophene rings is 2. The van der Waals surface area contributed by atoms with Crippen LogP contribution in [0, 0.1) is 0 Å².